The van der Waals surface area contributed by atoms with E-state index in [2.05, 4.69) is 79.3 Å². The van der Waals surface area contributed by atoms with Gasteiger partial charge in [-0.05, 0) is 132 Å². The lowest BCUT2D eigenvalue weighted by Crippen LogP contribution is -2.46. The number of benzene rings is 2. The zero-order chi connectivity index (χ0) is 34.4. The number of unbranched alkanes of at least 4 members (excludes halogenated alkanes) is 4. The maximum atomic E-state index is 11.5. The molecule has 2 aromatic carbocycles. The second-order valence-corrected chi connectivity index (χ2v) is 16.0. The largest absolute Gasteiger partial charge is 0.507 e. The van der Waals surface area contributed by atoms with E-state index in [1.54, 1.807) is 0 Å². The van der Waals surface area contributed by atoms with Crippen molar-refractivity contribution in [2.75, 3.05) is 13.2 Å². The number of rotatable bonds is 15. The Balaban J connectivity index is 1.42. The van der Waals surface area contributed by atoms with Crippen LogP contribution in [0.1, 0.15) is 153 Å². The van der Waals surface area contributed by atoms with Gasteiger partial charge in [0.15, 0.2) is 0 Å². The number of phenols is 1. The minimum Gasteiger partial charge on any atom is -0.507 e. The summed E-state index contributed by atoms with van der Waals surface area (Å²) in [5.74, 6) is 5.09. The molecule has 1 aliphatic heterocycles. The van der Waals surface area contributed by atoms with Gasteiger partial charge in [0.2, 0.25) is 0 Å². The summed E-state index contributed by atoms with van der Waals surface area (Å²) in [7, 11) is 0. The standard InChI is InChI=1S/C44H64O4/c1-9-11-13-15-32-25-38(45)42(35-23-30(5)17-19-34(35)29(3)4)39(26-32)46-21-22-47-40-27-33(16-14-12-10-2)28-41-43(40)36-24-31(6)18-20-37(36)44(7,8)48-41/h23,25-28,31,34-37,45H,3,9-22,24H2,1-2,4-8H3/t31-,34+,35-,36-,37-/m1/s1. The molecule has 0 saturated heterocycles. The minimum absolute atomic E-state index is 0.0504. The van der Waals surface area contributed by atoms with Crippen LogP contribution in [-0.4, -0.2) is 23.9 Å². The highest BCUT2D eigenvalue weighted by atomic mass is 16.5. The molecule has 0 unspecified atom stereocenters. The van der Waals surface area contributed by atoms with Gasteiger partial charge in [-0.15, -0.1) is 0 Å². The number of aryl methyl sites for hydroxylation is 2. The maximum Gasteiger partial charge on any atom is 0.127 e. The second-order valence-electron chi connectivity index (χ2n) is 16.0. The van der Waals surface area contributed by atoms with Gasteiger partial charge in [0, 0.05) is 23.0 Å². The molecule has 1 heterocycles. The van der Waals surface area contributed by atoms with Crippen LogP contribution in [0.5, 0.6) is 23.0 Å². The summed E-state index contributed by atoms with van der Waals surface area (Å²) in [6, 6.07) is 8.76. The summed E-state index contributed by atoms with van der Waals surface area (Å²) in [5.41, 5.74) is 6.94. The minimum atomic E-state index is -0.186. The molecule has 0 amide bonds. The number of ether oxygens (including phenoxy) is 3. The predicted molar refractivity (Wildman–Crippen MR) is 200 cm³/mol. The average molecular weight is 657 g/mol. The number of phenolic OH excluding ortho intramolecular Hbond substituents is 1. The van der Waals surface area contributed by atoms with Crippen LogP contribution < -0.4 is 14.2 Å². The third-order valence-electron chi connectivity index (χ3n) is 11.5. The molecule has 0 radical (unpaired) electrons. The van der Waals surface area contributed by atoms with E-state index in [-0.39, 0.29) is 17.4 Å². The SMILES string of the molecule is C=C(C)[C@@H]1CCC(C)=C[C@H]1c1c(O)cc(CCCCC)cc1OCCOc1cc(CCCCC)cc2c1[C@@H]1C[C@H](C)CC[C@H]1C(C)(C)O2. The molecule has 5 atom stereocenters. The summed E-state index contributed by atoms with van der Waals surface area (Å²) in [6.07, 6.45) is 17.1. The first-order chi connectivity index (χ1) is 23.0. The van der Waals surface area contributed by atoms with Crippen molar-refractivity contribution in [2.24, 2.45) is 17.8 Å². The van der Waals surface area contributed by atoms with Gasteiger partial charge < -0.3 is 19.3 Å². The highest BCUT2D eigenvalue weighted by Gasteiger charge is 2.47. The Labute approximate surface area is 292 Å². The van der Waals surface area contributed by atoms with Crippen molar-refractivity contribution in [1.29, 1.82) is 0 Å². The normalized spacial score (nSPS) is 24.6. The highest BCUT2D eigenvalue weighted by Crippen LogP contribution is 2.56. The lowest BCUT2D eigenvalue weighted by atomic mass is 9.64. The van der Waals surface area contributed by atoms with E-state index in [0.29, 0.717) is 36.7 Å². The molecule has 5 rings (SSSR count). The topological polar surface area (TPSA) is 47.9 Å². The molecule has 0 bridgehead atoms. The van der Waals surface area contributed by atoms with Crippen LogP contribution in [0, 0.1) is 17.8 Å². The number of fused-ring (bicyclic) bond motifs is 3. The van der Waals surface area contributed by atoms with Crippen molar-refractivity contribution >= 4 is 0 Å². The van der Waals surface area contributed by atoms with Gasteiger partial charge >= 0.3 is 0 Å². The fourth-order valence-electron chi connectivity index (χ4n) is 8.89. The van der Waals surface area contributed by atoms with E-state index in [1.807, 2.05) is 6.07 Å². The Morgan fingerprint density at radius 3 is 2.15 bits per heavy atom. The van der Waals surface area contributed by atoms with E-state index in [4.69, 9.17) is 14.2 Å². The van der Waals surface area contributed by atoms with Crippen LogP contribution in [-0.2, 0) is 12.8 Å². The Morgan fingerprint density at radius 2 is 1.52 bits per heavy atom. The van der Waals surface area contributed by atoms with Gasteiger partial charge in [-0.3, -0.25) is 0 Å². The molecule has 2 aliphatic carbocycles. The summed E-state index contributed by atoms with van der Waals surface area (Å²) < 4.78 is 20.2. The van der Waals surface area contributed by atoms with Crippen molar-refractivity contribution in [2.45, 2.75) is 149 Å². The van der Waals surface area contributed by atoms with Crippen LogP contribution >= 0.6 is 0 Å². The molecule has 3 aliphatic rings. The zero-order valence-electron chi connectivity index (χ0n) is 31.3. The first-order valence-electron chi connectivity index (χ1n) is 19.3. The van der Waals surface area contributed by atoms with Crippen LogP contribution in [0.4, 0.5) is 0 Å². The van der Waals surface area contributed by atoms with E-state index in [0.717, 1.165) is 66.1 Å². The first kappa shape index (κ1) is 36.4. The van der Waals surface area contributed by atoms with Crippen LogP contribution in [0.3, 0.4) is 0 Å². The maximum absolute atomic E-state index is 11.5. The fourth-order valence-corrected chi connectivity index (χ4v) is 8.89. The summed E-state index contributed by atoms with van der Waals surface area (Å²) in [6.45, 7) is 21.0. The smallest absolute Gasteiger partial charge is 0.127 e. The molecule has 1 N–H and O–H groups in total. The molecule has 0 spiro atoms. The predicted octanol–water partition coefficient (Wildman–Crippen LogP) is 12.0. The molecule has 2 aromatic rings. The van der Waals surface area contributed by atoms with Crippen molar-refractivity contribution in [1.82, 2.24) is 0 Å². The van der Waals surface area contributed by atoms with Gasteiger partial charge in [-0.25, -0.2) is 0 Å². The van der Waals surface area contributed by atoms with E-state index < -0.39 is 0 Å². The van der Waals surface area contributed by atoms with Gasteiger partial charge in [0.1, 0.15) is 41.8 Å². The monoisotopic (exact) mass is 656 g/mol. The Kier molecular flexibility index (Phi) is 12.3. The Hall–Kier alpha value is -2.88. The lowest BCUT2D eigenvalue weighted by Gasteiger charge is -2.49. The van der Waals surface area contributed by atoms with Crippen molar-refractivity contribution in [3.63, 3.8) is 0 Å². The molecule has 1 saturated carbocycles. The Bertz CT molecular complexity index is 1430. The third kappa shape index (κ3) is 8.45. The molecule has 48 heavy (non-hydrogen) atoms. The van der Waals surface area contributed by atoms with Crippen LogP contribution in [0.25, 0.3) is 0 Å². The number of allylic oxidation sites excluding steroid dienone is 3. The molecule has 4 nitrogen and oxygen atoms in total. The van der Waals surface area contributed by atoms with Crippen LogP contribution in [0.2, 0.25) is 0 Å². The van der Waals surface area contributed by atoms with E-state index >= 15 is 0 Å². The Morgan fingerprint density at radius 1 is 0.896 bits per heavy atom. The van der Waals surface area contributed by atoms with Crippen molar-refractivity contribution in [3.05, 3.63) is 70.3 Å². The van der Waals surface area contributed by atoms with Crippen molar-refractivity contribution in [3.8, 4) is 23.0 Å². The number of aromatic hydroxyl groups is 1. The molecular weight excluding hydrogens is 592 g/mol. The van der Waals surface area contributed by atoms with Gasteiger partial charge in [0.25, 0.3) is 0 Å². The molecule has 4 heteroatoms. The molecule has 1 fully saturated rings. The highest BCUT2D eigenvalue weighted by molar-refractivity contribution is 5.54. The number of hydrogen-bond acceptors (Lipinski definition) is 4. The third-order valence-corrected chi connectivity index (χ3v) is 11.5. The quantitative estimate of drug-likeness (QED) is 0.153. The zero-order valence-corrected chi connectivity index (χ0v) is 31.3. The van der Waals surface area contributed by atoms with E-state index in [9.17, 15) is 5.11 Å². The van der Waals surface area contributed by atoms with Crippen LogP contribution in [0.15, 0.2) is 48.1 Å². The van der Waals surface area contributed by atoms with E-state index in [1.165, 1.54) is 68.1 Å². The molecule has 0 aromatic heterocycles. The first-order valence-corrected chi connectivity index (χ1v) is 19.3. The molecule has 264 valence electrons. The average Bonchev–Trinajstić information content (AvgIpc) is 3.02. The second kappa shape index (κ2) is 16.2. The fraction of sp³-hybridized carbons (Fsp3) is 0.636. The van der Waals surface area contributed by atoms with Gasteiger partial charge in [-0.1, -0.05) is 76.7 Å². The van der Waals surface area contributed by atoms with Gasteiger partial charge in [-0.2, -0.15) is 0 Å². The summed E-state index contributed by atoms with van der Waals surface area (Å²) >= 11 is 0. The summed E-state index contributed by atoms with van der Waals surface area (Å²) in [4.78, 5) is 0. The van der Waals surface area contributed by atoms with Gasteiger partial charge in [0.05, 0.1) is 0 Å². The van der Waals surface area contributed by atoms with Crippen molar-refractivity contribution < 1.29 is 19.3 Å². The summed E-state index contributed by atoms with van der Waals surface area (Å²) in [5, 5.41) is 11.5. The lowest BCUT2D eigenvalue weighted by molar-refractivity contribution is -0.0149. The number of hydrogen-bond donors (Lipinski definition) is 1. The molecular formula is C44H64O4.